The molecule has 2 N–H and O–H groups in total. The van der Waals surface area contributed by atoms with Crippen molar-refractivity contribution in [2.45, 2.75) is 75.8 Å². The van der Waals surface area contributed by atoms with Crippen LogP contribution in [0.2, 0.25) is 0 Å². The van der Waals surface area contributed by atoms with Gasteiger partial charge in [-0.2, -0.15) is 0 Å². The highest BCUT2D eigenvalue weighted by atomic mass is 16.7. The average Bonchev–Trinajstić information content (AvgIpc) is 4.09. The molecule has 1 amide bonds. The van der Waals surface area contributed by atoms with Gasteiger partial charge in [0.05, 0.1) is 28.1 Å². The maximum Gasteiger partial charge on any atom is 0.416 e. The maximum atomic E-state index is 15.3. The number of amides is 1. The van der Waals surface area contributed by atoms with Gasteiger partial charge in [0.1, 0.15) is 36.5 Å². The van der Waals surface area contributed by atoms with Crippen LogP contribution in [0.3, 0.4) is 0 Å². The van der Waals surface area contributed by atoms with Gasteiger partial charge in [-0.1, -0.05) is 36.2 Å². The van der Waals surface area contributed by atoms with Gasteiger partial charge in [-0.15, -0.1) is 6.58 Å². The summed E-state index contributed by atoms with van der Waals surface area (Å²) in [6.07, 6.45) is 7.14. The number of carbonyl (C=O) groups excluding carboxylic acids is 1. The van der Waals surface area contributed by atoms with Gasteiger partial charge in [0.25, 0.3) is 11.4 Å². The van der Waals surface area contributed by atoms with E-state index in [1.54, 1.807) is 30.3 Å². The number of carbonyl (C=O) groups is 1. The van der Waals surface area contributed by atoms with Crippen LogP contribution in [0.25, 0.3) is 0 Å². The summed E-state index contributed by atoms with van der Waals surface area (Å²) >= 11 is 0. The lowest BCUT2D eigenvalue weighted by Gasteiger charge is -2.59. The van der Waals surface area contributed by atoms with Crippen molar-refractivity contribution >= 4 is 23.2 Å². The summed E-state index contributed by atoms with van der Waals surface area (Å²) in [6, 6.07) is 21.4. The predicted molar refractivity (Wildman–Crippen MR) is 262 cm³/mol. The first-order valence-corrected chi connectivity index (χ1v) is 24.5. The predicted octanol–water partition coefficient (Wildman–Crippen LogP) is 8.46. The van der Waals surface area contributed by atoms with E-state index < -0.39 is 33.7 Å². The van der Waals surface area contributed by atoms with E-state index in [0.717, 1.165) is 43.6 Å². The number of ether oxygens (including phenoxy) is 6. The van der Waals surface area contributed by atoms with Crippen molar-refractivity contribution in [2.75, 3.05) is 52.9 Å². The number of nitro benzene ring substituents is 2. The minimum atomic E-state index is -1.66. The van der Waals surface area contributed by atoms with E-state index >= 15 is 4.79 Å². The van der Waals surface area contributed by atoms with Gasteiger partial charge in [0, 0.05) is 81.6 Å². The zero-order valence-corrected chi connectivity index (χ0v) is 39.9. The molecular weight excluding hydrogens is 931 g/mol. The largest absolute Gasteiger partial charge is 0.492 e. The number of hydrogen-bond acceptors (Lipinski definition) is 16. The van der Waals surface area contributed by atoms with Gasteiger partial charge in [0.15, 0.2) is 11.5 Å². The topological polar surface area (TPSA) is 227 Å². The second-order valence-corrected chi connectivity index (χ2v) is 18.6. The number of nitro groups is 2. The van der Waals surface area contributed by atoms with Crippen LogP contribution in [0.1, 0.15) is 67.6 Å². The number of aliphatic hydroxyl groups is 2. The summed E-state index contributed by atoms with van der Waals surface area (Å²) < 4.78 is 38.5. The van der Waals surface area contributed by atoms with E-state index in [-0.39, 0.29) is 81.1 Å². The van der Waals surface area contributed by atoms with Crippen LogP contribution >= 0.6 is 0 Å². The molecule has 380 valence electrons. The van der Waals surface area contributed by atoms with Crippen LogP contribution in [0, 0.1) is 38.0 Å². The summed E-state index contributed by atoms with van der Waals surface area (Å²) in [6.45, 7) is 7.39. The molecule has 1 saturated heterocycles. The zero-order valence-electron chi connectivity index (χ0n) is 39.9. The first kappa shape index (κ1) is 49.9. The molecule has 0 radical (unpaired) electrons. The third-order valence-electron chi connectivity index (χ3n) is 14.1. The van der Waals surface area contributed by atoms with Gasteiger partial charge >= 0.3 is 6.09 Å². The third kappa shape index (κ3) is 11.0. The monoisotopic (exact) mass is 989 g/mol. The number of oxime groups is 1. The van der Waals surface area contributed by atoms with Crippen LogP contribution in [0.15, 0.2) is 114 Å². The summed E-state index contributed by atoms with van der Waals surface area (Å²) in [7, 11) is 0. The summed E-state index contributed by atoms with van der Waals surface area (Å²) in [4.78, 5) is 47.3. The number of allylic oxidation sites excluding steroid dienone is 1. The number of hydrogen-bond donors (Lipinski definition) is 2. The Bertz CT molecular complexity index is 2660. The maximum absolute atomic E-state index is 15.3. The van der Waals surface area contributed by atoms with Crippen molar-refractivity contribution in [3.8, 4) is 28.7 Å². The Balaban J connectivity index is 1.22. The number of unbranched alkanes of at least 4 members (excludes halogenated alkanes) is 2. The highest BCUT2D eigenvalue weighted by Gasteiger charge is 2.66. The molecule has 19 heteroatoms. The zero-order chi connectivity index (χ0) is 50.2. The molecule has 0 spiro atoms. The van der Waals surface area contributed by atoms with Gasteiger partial charge in [-0.3, -0.25) is 30.0 Å². The van der Waals surface area contributed by atoms with Crippen LogP contribution in [-0.4, -0.2) is 106 Å². The molecule has 2 aliphatic carbocycles. The van der Waals surface area contributed by atoms with Crippen molar-refractivity contribution in [1.29, 1.82) is 0 Å². The lowest BCUT2D eigenvalue weighted by atomic mass is 9.55. The molecule has 0 aromatic heterocycles. The Morgan fingerprint density at radius 2 is 1.54 bits per heavy atom. The smallest absolute Gasteiger partial charge is 0.416 e. The second-order valence-electron chi connectivity index (χ2n) is 18.6. The molecule has 0 bridgehead atoms. The standard InChI is InChI=1S/C53H59N5O14/c1-2-26-69-53-49(56(32-36-11-19-47-48(28-36)68-34-67-47)52(61)71-40-16-14-39(15-17-40)58(64)65)31-45(54-70-33-35-9-12-38(13-10-35)57(62)63)43-29-37(7-3-5-24-59)42(8-4-6-25-60)50(51(43)53)44-30-41(18-20-46(44)72-53)66-27-23-55-21-22-55/h2,9-20,28-30,37,42,49-51,59-60H,1,3-8,21-27,31-34H2. The normalized spacial score (nSPS) is 22.9. The fraction of sp³-hybridized carbons (Fsp3) is 0.434. The van der Waals surface area contributed by atoms with E-state index in [1.165, 1.54) is 41.3 Å². The number of nitrogens with zero attached hydrogens (tertiary/aromatic N) is 5. The first-order valence-electron chi connectivity index (χ1n) is 24.5. The second kappa shape index (κ2) is 22.6. The van der Waals surface area contributed by atoms with Crippen LogP contribution in [0.4, 0.5) is 16.2 Å². The number of rotatable bonds is 24. The molecule has 4 aromatic carbocycles. The van der Waals surface area contributed by atoms with Crippen molar-refractivity contribution in [3.05, 3.63) is 146 Å². The SMILES string of the molecule is C=CCOC12Oc3ccc(OCCN4CC4)cc3C3C(CCCCO)C(CCCCO)C=C(C(=NOCc4ccc([N+](=O)[O-])cc4)CC1N(Cc1ccc4c(c1)OCO4)C(=O)Oc1ccc([N+](=O)[O-])cc1)C32. The van der Waals surface area contributed by atoms with Crippen molar-refractivity contribution in [3.63, 3.8) is 0 Å². The molecule has 3 heterocycles. The Morgan fingerprint density at radius 3 is 2.25 bits per heavy atom. The fourth-order valence-corrected chi connectivity index (χ4v) is 10.6. The molecule has 19 nitrogen and oxygen atoms in total. The van der Waals surface area contributed by atoms with E-state index in [9.17, 15) is 30.4 Å². The molecule has 4 aromatic rings. The Hall–Kier alpha value is -7.06. The molecule has 5 aliphatic rings. The van der Waals surface area contributed by atoms with Crippen LogP contribution in [0.5, 0.6) is 28.7 Å². The quantitative estimate of drug-likeness (QED) is 0.0221. The molecule has 1 saturated carbocycles. The first-order chi connectivity index (χ1) is 35.1. The Labute approximate surface area is 416 Å². The van der Waals surface area contributed by atoms with Crippen molar-refractivity contribution < 1.29 is 58.1 Å². The van der Waals surface area contributed by atoms with Crippen molar-refractivity contribution in [1.82, 2.24) is 9.80 Å². The number of benzene rings is 4. The van der Waals surface area contributed by atoms with E-state index in [2.05, 4.69) is 17.6 Å². The number of aliphatic hydroxyl groups excluding tert-OH is 2. The van der Waals surface area contributed by atoms with Crippen LogP contribution in [-0.2, 0) is 22.7 Å². The van der Waals surface area contributed by atoms with Gasteiger partial charge < -0.3 is 43.5 Å². The Kier molecular flexibility index (Phi) is 15.6. The van der Waals surface area contributed by atoms with Gasteiger partial charge in [-0.25, -0.2) is 4.79 Å². The summed E-state index contributed by atoms with van der Waals surface area (Å²) in [5.41, 5.74) is 3.23. The fourth-order valence-electron chi connectivity index (χ4n) is 10.6. The molecular formula is C53H59N5O14. The third-order valence-corrected chi connectivity index (χ3v) is 14.1. The molecule has 72 heavy (non-hydrogen) atoms. The van der Waals surface area contributed by atoms with Crippen LogP contribution < -0.4 is 23.7 Å². The summed E-state index contributed by atoms with van der Waals surface area (Å²) in [5.74, 6) is -0.495. The molecule has 6 atom stereocenters. The lowest BCUT2D eigenvalue weighted by molar-refractivity contribution is -0.385. The van der Waals surface area contributed by atoms with E-state index in [1.807, 2.05) is 24.3 Å². The van der Waals surface area contributed by atoms with Gasteiger partial charge in [-0.05, 0) is 109 Å². The van der Waals surface area contributed by atoms with E-state index in [4.69, 9.17) is 38.4 Å². The lowest BCUT2D eigenvalue weighted by Crippen LogP contribution is -2.70. The molecule has 2 fully saturated rings. The van der Waals surface area contributed by atoms with Gasteiger partial charge in [0.2, 0.25) is 12.6 Å². The minimum Gasteiger partial charge on any atom is -0.492 e. The van der Waals surface area contributed by atoms with Crippen molar-refractivity contribution in [2.24, 2.45) is 22.9 Å². The minimum absolute atomic E-state index is 0.00746. The number of non-ortho nitro benzene ring substituents is 2. The molecule has 9 rings (SSSR count). The number of fused-ring (bicyclic) bond motifs is 3. The summed E-state index contributed by atoms with van der Waals surface area (Å²) in [5, 5.41) is 48.0. The highest BCUT2D eigenvalue weighted by Crippen LogP contribution is 2.62. The molecule has 6 unspecified atom stereocenters. The average molecular weight is 990 g/mol. The molecule has 3 aliphatic heterocycles. The highest BCUT2D eigenvalue weighted by molar-refractivity contribution is 6.03. The van der Waals surface area contributed by atoms with E-state index in [0.29, 0.717) is 72.1 Å². The Morgan fingerprint density at radius 1 is 0.861 bits per heavy atom.